The van der Waals surface area contributed by atoms with Crippen molar-refractivity contribution in [3.05, 3.63) is 192 Å². The number of aromatic nitrogens is 2. The first-order chi connectivity index (χ1) is 28.1. The molecule has 11 rings (SSSR count). The Balaban J connectivity index is 0.973. The topological polar surface area (TPSA) is 51.8 Å². The van der Waals surface area contributed by atoms with Crippen LogP contribution >= 0.6 is 0 Å². The van der Waals surface area contributed by atoms with Crippen molar-refractivity contribution in [3.8, 4) is 55.9 Å². The summed E-state index contributed by atoms with van der Waals surface area (Å²) >= 11 is 0. The summed E-state index contributed by atoms with van der Waals surface area (Å²) in [4.78, 5) is 10.5. The summed E-state index contributed by atoms with van der Waals surface area (Å²) in [6.45, 7) is 0. The molecule has 1 aromatic heterocycles. The largest absolute Gasteiger partial charge is 0.398 e. The quantitative estimate of drug-likeness (QED) is 0.179. The molecule has 1 atom stereocenters. The molecule has 3 heteroatoms. The normalized spacial score (nSPS) is 16.3. The van der Waals surface area contributed by atoms with Gasteiger partial charge in [0, 0.05) is 33.5 Å². The molecule has 1 spiro atoms. The molecule has 1 fully saturated rings. The smallest absolute Gasteiger partial charge is 0.136 e. The minimum atomic E-state index is 0.0121. The molecule has 3 aliphatic rings. The van der Waals surface area contributed by atoms with Crippen LogP contribution in [0.15, 0.2) is 164 Å². The van der Waals surface area contributed by atoms with Crippen LogP contribution < -0.4 is 5.73 Å². The van der Waals surface area contributed by atoms with Gasteiger partial charge in [0.15, 0.2) is 0 Å². The molecule has 8 aromatic rings. The minimum absolute atomic E-state index is 0.0121. The highest BCUT2D eigenvalue weighted by molar-refractivity contribution is 6.07. The van der Waals surface area contributed by atoms with E-state index in [2.05, 4.69) is 170 Å². The zero-order chi connectivity index (χ0) is 37.9. The summed E-state index contributed by atoms with van der Waals surface area (Å²) in [5, 5.41) is 2.43. The molecule has 0 aliphatic heterocycles. The first-order valence-corrected chi connectivity index (χ1v) is 20.5. The van der Waals surface area contributed by atoms with E-state index in [0.29, 0.717) is 0 Å². The van der Waals surface area contributed by atoms with Crippen molar-refractivity contribution in [2.24, 2.45) is 0 Å². The van der Waals surface area contributed by atoms with E-state index in [-0.39, 0.29) is 11.3 Å². The standard InChI is InChI=1S/C54H43N3/c55-49-33-48-52(45-16-8-7-15-44(45)49)46-28-27-42(32-47(46)54(48)29-9-2-10-30-54)38-19-24-40(25-20-38)51-34-50(39-22-17-37(18-23-39)35-11-3-1-4-12-35)56-53(57-51)43-26-21-36-13-5-6-14-41(36)31-43/h1,3-8,11-28,32-34,43H,2,9-10,29-31,55H2. The number of allylic oxidation sites excluding steroid dienone is 1. The molecular formula is C54H43N3. The first-order valence-electron chi connectivity index (χ1n) is 20.5. The maximum Gasteiger partial charge on any atom is 0.136 e. The van der Waals surface area contributed by atoms with Crippen LogP contribution in [0.2, 0.25) is 0 Å². The molecule has 1 unspecified atom stereocenters. The second kappa shape index (κ2) is 13.6. The fourth-order valence-electron chi connectivity index (χ4n) is 10.1. The molecule has 3 nitrogen and oxygen atoms in total. The molecule has 0 bridgehead atoms. The third-order valence-electron chi connectivity index (χ3n) is 13.0. The van der Waals surface area contributed by atoms with Crippen molar-refractivity contribution in [1.82, 2.24) is 9.97 Å². The lowest BCUT2D eigenvalue weighted by molar-refractivity contribution is 0.353. The average molecular weight is 734 g/mol. The summed E-state index contributed by atoms with van der Waals surface area (Å²) in [6.07, 6.45) is 11.5. The third-order valence-corrected chi connectivity index (χ3v) is 13.0. The summed E-state index contributed by atoms with van der Waals surface area (Å²) in [7, 11) is 0. The van der Waals surface area contributed by atoms with Crippen molar-refractivity contribution in [2.45, 2.75) is 49.9 Å². The Morgan fingerprint density at radius 1 is 0.509 bits per heavy atom. The lowest BCUT2D eigenvalue weighted by Crippen LogP contribution is -2.28. The van der Waals surface area contributed by atoms with Gasteiger partial charge in [-0.15, -0.1) is 0 Å². The molecule has 274 valence electrons. The Labute approximate surface area is 334 Å². The van der Waals surface area contributed by atoms with E-state index in [1.54, 1.807) is 0 Å². The summed E-state index contributed by atoms with van der Waals surface area (Å²) in [6, 6.07) is 57.3. The molecule has 1 saturated carbocycles. The van der Waals surface area contributed by atoms with Crippen LogP contribution in [0.5, 0.6) is 0 Å². The van der Waals surface area contributed by atoms with Crippen LogP contribution in [0.3, 0.4) is 0 Å². The Morgan fingerprint density at radius 3 is 1.84 bits per heavy atom. The first kappa shape index (κ1) is 33.7. The van der Waals surface area contributed by atoms with Crippen LogP contribution in [0.1, 0.15) is 66.1 Å². The molecule has 0 radical (unpaired) electrons. The van der Waals surface area contributed by atoms with Crippen molar-refractivity contribution in [1.29, 1.82) is 0 Å². The van der Waals surface area contributed by atoms with Crippen LogP contribution in [-0.4, -0.2) is 9.97 Å². The van der Waals surface area contributed by atoms with Crippen molar-refractivity contribution < 1.29 is 0 Å². The van der Waals surface area contributed by atoms with E-state index in [9.17, 15) is 0 Å². The number of nitrogen functional groups attached to an aromatic ring is 1. The zero-order valence-corrected chi connectivity index (χ0v) is 32.0. The Bertz CT molecular complexity index is 2840. The predicted molar refractivity (Wildman–Crippen MR) is 237 cm³/mol. The highest BCUT2D eigenvalue weighted by Gasteiger charge is 2.44. The number of nitrogens with zero attached hydrogens (tertiary/aromatic N) is 2. The van der Waals surface area contributed by atoms with Crippen LogP contribution in [-0.2, 0) is 11.8 Å². The highest BCUT2D eigenvalue weighted by Crippen LogP contribution is 2.58. The van der Waals surface area contributed by atoms with E-state index in [4.69, 9.17) is 15.7 Å². The molecule has 7 aromatic carbocycles. The molecular weight excluding hydrogens is 691 g/mol. The van der Waals surface area contributed by atoms with Gasteiger partial charge in [-0.25, -0.2) is 9.97 Å². The minimum Gasteiger partial charge on any atom is -0.398 e. The fourth-order valence-corrected chi connectivity index (χ4v) is 10.1. The van der Waals surface area contributed by atoms with Crippen molar-refractivity contribution in [3.63, 3.8) is 0 Å². The van der Waals surface area contributed by atoms with Crippen LogP contribution in [0.4, 0.5) is 5.69 Å². The van der Waals surface area contributed by atoms with Crippen LogP contribution in [0.25, 0.3) is 72.7 Å². The number of hydrogen-bond donors (Lipinski definition) is 1. The van der Waals surface area contributed by atoms with Gasteiger partial charge < -0.3 is 5.73 Å². The number of hydrogen-bond acceptors (Lipinski definition) is 3. The van der Waals surface area contributed by atoms with E-state index < -0.39 is 0 Å². The van der Waals surface area contributed by atoms with E-state index >= 15 is 0 Å². The SMILES string of the molecule is Nc1cc2c(c3ccccc13)-c1ccc(-c3ccc(-c4cc(-c5ccc(-c6ccccc6)cc5)nc(C5C=Cc6ccccc6C5)n4)cc3)cc1C21CCCCC1. The molecule has 3 aliphatic carbocycles. The van der Waals surface area contributed by atoms with Gasteiger partial charge in [-0.3, -0.25) is 0 Å². The molecule has 1 heterocycles. The number of nitrogens with two attached hydrogens (primary N) is 1. The summed E-state index contributed by atoms with van der Waals surface area (Å²) < 4.78 is 0. The highest BCUT2D eigenvalue weighted by atomic mass is 14.9. The summed E-state index contributed by atoms with van der Waals surface area (Å²) in [5.41, 5.74) is 24.9. The van der Waals surface area contributed by atoms with Gasteiger partial charge in [-0.2, -0.15) is 0 Å². The molecule has 57 heavy (non-hydrogen) atoms. The Kier molecular flexibility index (Phi) is 8.03. The van der Waals surface area contributed by atoms with Gasteiger partial charge in [0.2, 0.25) is 0 Å². The molecule has 0 amide bonds. The van der Waals surface area contributed by atoms with Gasteiger partial charge in [0.1, 0.15) is 5.82 Å². The van der Waals surface area contributed by atoms with Gasteiger partial charge in [0.25, 0.3) is 0 Å². The number of fused-ring (bicyclic) bond motifs is 8. The second-order valence-corrected chi connectivity index (χ2v) is 16.2. The van der Waals surface area contributed by atoms with Gasteiger partial charge in [-0.05, 0) is 98.5 Å². The zero-order valence-electron chi connectivity index (χ0n) is 32.0. The monoisotopic (exact) mass is 733 g/mol. The molecule has 2 N–H and O–H groups in total. The number of rotatable bonds is 5. The third kappa shape index (κ3) is 5.72. The average Bonchev–Trinajstić information content (AvgIpc) is 3.54. The van der Waals surface area contributed by atoms with E-state index in [1.807, 2.05) is 0 Å². The predicted octanol–water partition coefficient (Wildman–Crippen LogP) is 13.5. The van der Waals surface area contributed by atoms with Crippen LogP contribution in [0, 0.1) is 0 Å². The van der Waals surface area contributed by atoms with Gasteiger partial charge in [-0.1, -0.05) is 171 Å². The Hall–Kier alpha value is -6.58. The van der Waals surface area contributed by atoms with E-state index in [1.165, 1.54) is 93.1 Å². The fraction of sp³-hybridized carbons (Fsp3) is 0.148. The number of benzene rings is 7. The summed E-state index contributed by atoms with van der Waals surface area (Å²) in [5.74, 6) is 0.949. The maximum atomic E-state index is 6.77. The van der Waals surface area contributed by atoms with Crippen molar-refractivity contribution >= 4 is 22.5 Å². The van der Waals surface area contributed by atoms with E-state index in [0.717, 1.165) is 45.8 Å². The maximum absolute atomic E-state index is 6.77. The lowest BCUT2D eigenvalue weighted by Gasteiger charge is -2.36. The lowest BCUT2D eigenvalue weighted by atomic mass is 9.67. The number of anilines is 1. The van der Waals surface area contributed by atoms with Gasteiger partial charge >= 0.3 is 0 Å². The molecule has 0 saturated heterocycles. The van der Waals surface area contributed by atoms with Gasteiger partial charge in [0.05, 0.1) is 11.4 Å². The van der Waals surface area contributed by atoms with Crippen molar-refractivity contribution in [2.75, 3.05) is 5.73 Å². The second-order valence-electron chi connectivity index (χ2n) is 16.2. The Morgan fingerprint density at radius 2 is 1.11 bits per heavy atom.